The first-order chi connectivity index (χ1) is 9.13. The van der Waals surface area contributed by atoms with Crippen LogP contribution in [-0.2, 0) is 11.3 Å². The molecule has 1 saturated carbocycles. The Morgan fingerprint density at radius 2 is 2.32 bits per heavy atom. The van der Waals surface area contributed by atoms with E-state index in [4.69, 9.17) is 9.52 Å². The highest BCUT2D eigenvalue weighted by Gasteiger charge is 2.36. The first-order valence-electron chi connectivity index (χ1n) is 7.18. The minimum absolute atomic E-state index is 0.172. The zero-order chi connectivity index (χ0) is 13.4. The molecule has 1 aliphatic carbocycles. The monoisotopic (exact) mass is 263 g/mol. The van der Waals surface area contributed by atoms with Crippen molar-refractivity contribution in [2.45, 2.75) is 51.1 Å². The summed E-state index contributed by atoms with van der Waals surface area (Å²) in [5.41, 5.74) is 0. The lowest BCUT2D eigenvalue weighted by Crippen LogP contribution is -2.30. The summed E-state index contributed by atoms with van der Waals surface area (Å²) in [7, 11) is 0. The average molecular weight is 263 g/mol. The molecule has 104 valence electrons. The van der Waals surface area contributed by atoms with Crippen LogP contribution in [0.1, 0.15) is 50.0 Å². The van der Waals surface area contributed by atoms with E-state index in [0.29, 0.717) is 5.92 Å². The van der Waals surface area contributed by atoms with Crippen molar-refractivity contribution in [2.75, 3.05) is 6.54 Å². The lowest BCUT2D eigenvalue weighted by molar-refractivity contribution is -0.138. The van der Waals surface area contributed by atoms with Crippen molar-refractivity contribution in [3.63, 3.8) is 0 Å². The molecule has 2 fully saturated rings. The van der Waals surface area contributed by atoms with Crippen LogP contribution in [0.25, 0.3) is 0 Å². The summed E-state index contributed by atoms with van der Waals surface area (Å²) in [5, 5.41) is 8.92. The van der Waals surface area contributed by atoms with Gasteiger partial charge in [-0.15, -0.1) is 0 Å². The van der Waals surface area contributed by atoms with Crippen molar-refractivity contribution >= 4 is 5.97 Å². The first kappa shape index (κ1) is 12.7. The molecule has 2 heterocycles. The fraction of sp³-hybridized carbons (Fsp3) is 0.667. The van der Waals surface area contributed by atoms with Gasteiger partial charge in [0.05, 0.1) is 13.0 Å². The summed E-state index contributed by atoms with van der Waals surface area (Å²) >= 11 is 0. The second-order valence-corrected chi connectivity index (χ2v) is 5.99. The summed E-state index contributed by atoms with van der Waals surface area (Å²) in [5.74, 6) is 2.75. The van der Waals surface area contributed by atoms with Crippen LogP contribution < -0.4 is 0 Å². The maximum Gasteiger partial charge on any atom is 0.304 e. The largest absolute Gasteiger partial charge is 0.481 e. The Labute approximate surface area is 113 Å². The molecule has 1 N–H and O–H groups in total. The topological polar surface area (TPSA) is 53.7 Å². The van der Waals surface area contributed by atoms with Gasteiger partial charge in [-0.25, -0.2) is 0 Å². The molecular weight excluding hydrogens is 242 g/mol. The van der Waals surface area contributed by atoms with Gasteiger partial charge in [0, 0.05) is 12.0 Å². The number of likely N-dealkylation sites (tertiary alicyclic amines) is 1. The van der Waals surface area contributed by atoms with Crippen LogP contribution in [0, 0.1) is 5.92 Å². The van der Waals surface area contributed by atoms with Crippen LogP contribution in [0.3, 0.4) is 0 Å². The van der Waals surface area contributed by atoms with Crippen molar-refractivity contribution in [3.8, 4) is 0 Å². The van der Waals surface area contributed by atoms with Crippen molar-refractivity contribution in [1.82, 2.24) is 4.90 Å². The average Bonchev–Trinajstić information content (AvgIpc) is 2.78. The Morgan fingerprint density at radius 1 is 1.53 bits per heavy atom. The van der Waals surface area contributed by atoms with Crippen LogP contribution in [-0.4, -0.2) is 28.6 Å². The molecule has 1 aromatic heterocycles. The number of nitrogens with zero attached hydrogens (tertiary/aromatic N) is 1. The number of carboxylic acid groups (broad SMARTS) is 1. The molecule has 3 unspecified atom stereocenters. The lowest BCUT2D eigenvalue weighted by Gasteiger charge is -2.21. The number of hydrogen-bond acceptors (Lipinski definition) is 3. The van der Waals surface area contributed by atoms with Gasteiger partial charge in [0.2, 0.25) is 0 Å². The standard InChI is InChI=1S/C15H21NO3/c1-10-7-13(10)14-5-4-12(19-14)9-16-6-2-3-11(16)8-15(17)18/h4-5,10-11,13H,2-3,6-9H2,1H3,(H,17,18). The zero-order valence-corrected chi connectivity index (χ0v) is 11.3. The predicted molar refractivity (Wildman–Crippen MR) is 70.9 cm³/mol. The van der Waals surface area contributed by atoms with Gasteiger partial charge in [0.15, 0.2) is 0 Å². The molecule has 0 radical (unpaired) electrons. The molecular formula is C15H21NO3. The van der Waals surface area contributed by atoms with E-state index < -0.39 is 5.97 Å². The van der Waals surface area contributed by atoms with Gasteiger partial charge < -0.3 is 9.52 Å². The van der Waals surface area contributed by atoms with Gasteiger partial charge >= 0.3 is 5.97 Å². The number of carbonyl (C=O) groups is 1. The van der Waals surface area contributed by atoms with Crippen LogP contribution in [0.2, 0.25) is 0 Å². The normalized spacial score (nSPS) is 30.7. The Hall–Kier alpha value is -1.29. The number of furan rings is 1. The van der Waals surface area contributed by atoms with Crippen molar-refractivity contribution in [3.05, 3.63) is 23.7 Å². The van der Waals surface area contributed by atoms with Gasteiger partial charge in [-0.2, -0.15) is 0 Å². The van der Waals surface area contributed by atoms with E-state index in [1.165, 1.54) is 6.42 Å². The smallest absolute Gasteiger partial charge is 0.304 e. The second-order valence-electron chi connectivity index (χ2n) is 5.99. The highest BCUT2D eigenvalue weighted by molar-refractivity contribution is 5.67. The summed E-state index contributed by atoms with van der Waals surface area (Å²) in [6.07, 6.45) is 3.55. The van der Waals surface area contributed by atoms with E-state index in [0.717, 1.165) is 43.4 Å². The van der Waals surface area contributed by atoms with E-state index in [-0.39, 0.29) is 12.5 Å². The minimum Gasteiger partial charge on any atom is -0.481 e. The van der Waals surface area contributed by atoms with E-state index in [2.05, 4.69) is 24.0 Å². The summed E-state index contributed by atoms with van der Waals surface area (Å²) in [6, 6.07) is 4.31. The van der Waals surface area contributed by atoms with Crippen LogP contribution >= 0.6 is 0 Å². The first-order valence-corrected chi connectivity index (χ1v) is 7.18. The summed E-state index contributed by atoms with van der Waals surface area (Å²) in [4.78, 5) is 13.1. The fourth-order valence-electron chi connectivity index (χ4n) is 3.13. The van der Waals surface area contributed by atoms with Gasteiger partial charge in [-0.3, -0.25) is 9.69 Å². The van der Waals surface area contributed by atoms with E-state index in [1.54, 1.807) is 0 Å². The summed E-state index contributed by atoms with van der Waals surface area (Å²) < 4.78 is 5.90. The number of carboxylic acids is 1. The van der Waals surface area contributed by atoms with Crippen LogP contribution in [0.5, 0.6) is 0 Å². The van der Waals surface area contributed by atoms with Gasteiger partial charge in [0.1, 0.15) is 11.5 Å². The van der Waals surface area contributed by atoms with Gasteiger partial charge in [-0.05, 0) is 43.9 Å². The Kier molecular flexibility index (Phi) is 3.35. The molecule has 1 aliphatic heterocycles. The Morgan fingerprint density at radius 3 is 3.00 bits per heavy atom. The molecule has 4 heteroatoms. The number of aliphatic carboxylic acids is 1. The maximum absolute atomic E-state index is 10.8. The molecule has 4 nitrogen and oxygen atoms in total. The molecule has 1 aromatic rings. The predicted octanol–water partition coefficient (Wildman–Crippen LogP) is 2.84. The fourth-order valence-corrected chi connectivity index (χ4v) is 3.13. The highest BCUT2D eigenvalue weighted by atomic mass is 16.4. The molecule has 0 bridgehead atoms. The molecule has 3 atom stereocenters. The summed E-state index contributed by atoms with van der Waals surface area (Å²) in [6.45, 7) is 3.98. The van der Waals surface area contributed by atoms with Crippen LogP contribution in [0.15, 0.2) is 16.5 Å². The van der Waals surface area contributed by atoms with E-state index >= 15 is 0 Å². The lowest BCUT2D eigenvalue weighted by atomic mass is 10.1. The zero-order valence-electron chi connectivity index (χ0n) is 11.3. The third-order valence-corrected chi connectivity index (χ3v) is 4.43. The van der Waals surface area contributed by atoms with Crippen molar-refractivity contribution in [1.29, 1.82) is 0 Å². The third kappa shape index (κ3) is 2.84. The quantitative estimate of drug-likeness (QED) is 0.887. The Balaban J connectivity index is 1.60. The molecule has 19 heavy (non-hydrogen) atoms. The maximum atomic E-state index is 10.8. The number of hydrogen-bond donors (Lipinski definition) is 1. The van der Waals surface area contributed by atoms with Crippen molar-refractivity contribution < 1.29 is 14.3 Å². The highest BCUT2D eigenvalue weighted by Crippen LogP contribution is 2.47. The molecule has 0 aromatic carbocycles. The minimum atomic E-state index is -0.705. The van der Waals surface area contributed by atoms with Gasteiger partial charge in [-0.1, -0.05) is 6.92 Å². The molecule has 0 amide bonds. The van der Waals surface area contributed by atoms with E-state index in [9.17, 15) is 4.79 Å². The molecule has 0 spiro atoms. The van der Waals surface area contributed by atoms with Gasteiger partial charge in [0.25, 0.3) is 0 Å². The Bertz CT molecular complexity index is 468. The van der Waals surface area contributed by atoms with Crippen LogP contribution in [0.4, 0.5) is 0 Å². The van der Waals surface area contributed by atoms with E-state index in [1.807, 2.05) is 0 Å². The molecule has 3 rings (SSSR count). The second kappa shape index (κ2) is 5.00. The molecule has 1 saturated heterocycles. The van der Waals surface area contributed by atoms with Crippen molar-refractivity contribution in [2.24, 2.45) is 5.92 Å². The third-order valence-electron chi connectivity index (χ3n) is 4.43. The molecule has 2 aliphatic rings. The SMILES string of the molecule is CC1CC1c1ccc(CN2CCCC2CC(=O)O)o1. The number of rotatable bonds is 5.